The number of nitrogens with one attached hydrogen (secondary N) is 1. The summed E-state index contributed by atoms with van der Waals surface area (Å²) in [6.07, 6.45) is 7.25. The highest BCUT2D eigenvalue weighted by Gasteiger charge is 2.42. The number of carbonyl (C=O) groups excluding carboxylic acids is 1. The molecule has 1 aromatic rings. The number of rotatable bonds is 5. The van der Waals surface area contributed by atoms with Crippen LogP contribution >= 0.6 is 0 Å². The molecule has 2 fully saturated rings. The lowest BCUT2D eigenvalue weighted by Gasteiger charge is -2.40. The first-order chi connectivity index (χ1) is 12.0. The van der Waals surface area contributed by atoms with Gasteiger partial charge in [-0.15, -0.1) is 0 Å². The lowest BCUT2D eigenvalue weighted by Crippen LogP contribution is -2.47. The molecule has 1 spiro atoms. The number of aromatic nitrogens is 2. The summed E-state index contributed by atoms with van der Waals surface area (Å²) in [4.78, 5) is 29.7. The van der Waals surface area contributed by atoms with Crippen molar-refractivity contribution in [2.45, 2.75) is 63.8 Å². The zero-order chi connectivity index (χ0) is 17.9. The van der Waals surface area contributed by atoms with Crippen LogP contribution < -0.4 is 11.0 Å². The summed E-state index contributed by atoms with van der Waals surface area (Å²) < 4.78 is 7.62. The normalized spacial score (nSPS) is 23.2. The fourth-order valence-electron chi connectivity index (χ4n) is 3.80. The van der Waals surface area contributed by atoms with Crippen LogP contribution in [0.1, 0.15) is 39.5 Å². The van der Waals surface area contributed by atoms with E-state index in [2.05, 4.69) is 29.0 Å². The van der Waals surface area contributed by atoms with Crippen LogP contribution in [-0.2, 0) is 16.1 Å². The molecule has 1 N–H and O–H groups in total. The predicted molar refractivity (Wildman–Crippen MR) is 94.3 cm³/mol. The maximum Gasteiger partial charge on any atom is 0.347 e. The molecule has 3 heterocycles. The molecule has 7 nitrogen and oxygen atoms in total. The number of ether oxygens (including phenoxy) is 1. The summed E-state index contributed by atoms with van der Waals surface area (Å²) in [6.45, 7) is 7.14. The Morgan fingerprint density at radius 3 is 2.84 bits per heavy atom. The molecule has 25 heavy (non-hydrogen) atoms. The maximum absolute atomic E-state index is 12.0. The third-order valence-corrected chi connectivity index (χ3v) is 5.40. The molecule has 2 saturated heterocycles. The van der Waals surface area contributed by atoms with Crippen LogP contribution in [0.15, 0.2) is 23.3 Å². The second kappa shape index (κ2) is 7.66. The highest BCUT2D eigenvalue weighted by atomic mass is 16.5. The van der Waals surface area contributed by atoms with Crippen molar-refractivity contribution >= 4 is 5.91 Å². The first-order valence-corrected chi connectivity index (χ1v) is 9.17. The van der Waals surface area contributed by atoms with Crippen molar-refractivity contribution in [3.05, 3.63) is 28.9 Å². The minimum Gasteiger partial charge on any atom is -0.370 e. The van der Waals surface area contributed by atoms with E-state index in [9.17, 15) is 9.59 Å². The average Bonchev–Trinajstić information content (AvgIpc) is 2.98. The second-order valence-corrected chi connectivity index (χ2v) is 7.43. The number of piperidine rings is 1. The fourth-order valence-corrected chi connectivity index (χ4v) is 3.80. The highest BCUT2D eigenvalue weighted by Crippen LogP contribution is 2.39. The van der Waals surface area contributed by atoms with Gasteiger partial charge in [0.25, 0.3) is 0 Å². The van der Waals surface area contributed by atoms with Gasteiger partial charge in [0.1, 0.15) is 6.54 Å². The summed E-state index contributed by atoms with van der Waals surface area (Å²) in [5.41, 5.74) is -0.410. The summed E-state index contributed by atoms with van der Waals surface area (Å²) in [7, 11) is 0. The van der Waals surface area contributed by atoms with E-state index in [0.29, 0.717) is 12.6 Å². The highest BCUT2D eigenvalue weighted by molar-refractivity contribution is 5.75. The number of amides is 1. The smallest absolute Gasteiger partial charge is 0.347 e. The lowest BCUT2D eigenvalue weighted by atomic mass is 9.88. The van der Waals surface area contributed by atoms with E-state index in [1.54, 1.807) is 12.3 Å². The Bertz CT molecular complexity index is 650. The van der Waals surface area contributed by atoms with E-state index < -0.39 is 5.69 Å². The van der Waals surface area contributed by atoms with Crippen LogP contribution in [0.2, 0.25) is 0 Å². The monoisotopic (exact) mass is 348 g/mol. The molecule has 7 heteroatoms. The first-order valence-electron chi connectivity index (χ1n) is 9.17. The van der Waals surface area contributed by atoms with E-state index in [-0.39, 0.29) is 24.2 Å². The SMILES string of the molecule is CC(C)N1CCC2(CCC(CNC(=O)Cn3cccnc3=O)O2)CC1. The first kappa shape index (κ1) is 18.1. The van der Waals surface area contributed by atoms with Gasteiger partial charge < -0.3 is 15.0 Å². The van der Waals surface area contributed by atoms with Crippen molar-refractivity contribution in [1.82, 2.24) is 19.8 Å². The lowest BCUT2D eigenvalue weighted by molar-refractivity contribution is -0.123. The van der Waals surface area contributed by atoms with Crippen molar-refractivity contribution in [1.29, 1.82) is 0 Å². The van der Waals surface area contributed by atoms with E-state index in [0.717, 1.165) is 38.8 Å². The Labute approximate surface area is 148 Å². The van der Waals surface area contributed by atoms with Crippen LogP contribution in [0.3, 0.4) is 0 Å². The van der Waals surface area contributed by atoms with Gasteiger partial charge in [0.05, 0.1) is 11.7 Å². The third kappa shape index (κ3) is 4.46. The van der Waals surface area contributed by atoms with Gasteiger partial charge in [0.2, 0.25) is 5.91 Å². The van der Waals surface area contributed by atoms with Crippen LogP contribution in [0.4, 0.5) is 0 Å². The minimum absolute atomic E-state index is 0.00106. The molecule has 2 aliphatic heterocycles. The van der Waals surface area contributed by atoms with Gasteiger partial charge in [0.15, 0.2) is 0 Å². The molecule has 2 aliphatic rings. The van der Waals surface area contributed by atoms with E-state index in [4.69, 9.17) is 4.74 Å². The zero-order valence-corrected chi connectivity index (χ0v) is 15.1. The summed E-state index contributed by atoms with van der Waals surface area (Å²) >= 11 is 0. The zero-order valence-electron chi connectivity index (χ0n) is 15.1. The minimum atomic E-state index is -0.411. The Morgan fingerprint density at radius 2 is 2.16 bits per heavy atom. The maximum atomic E-state index is 12.0. The Hall–Kier alpha value is -1.73. The van der Waals surface area contributed by atoms with E-state index >= 15 is 0 Å². The Balaban J connectivity index is 1.44. The third-order valence-electron chi connectivity index (χ3n) is 5.40. The van der Waals surface area contributed by atoms with Gasteiger partial charge in [-0.2, -0.15) is 0 Å². The van der Waals surface area contributed by atoms with Crippen molar-refractivity contribution in [2.24, 2.45) is 0 Å². The van der Waals surface area contributed by atoms with Crippen LogP contribution in [0.5, 0.6) is 0 Å². The summed E-state index contributed by atoms with van der Waals surface area (Å²) in [6, 6.07) is 2.23. The molecule has 0 saturated carbocycles. The van der Waals surface area contributed by atoms with E-state index in [1.807, 2.05) is 0 Å². The molecule has 0 aromatic carbocycles. The molecule has 1 aromatic heterocycles. The molecule has 1 atom stereocenters. The number of nitrogens with zero attached hydrogens (tertiary/aromatic N) is 3. The summed E-state index contributed by atoms with van der Waals surface area (Å²) in [5, 5.41) is 2.89. The number of hydrogen-bond donors (Lipinski definition) is 1. The topological polar surface area (TPSA) is 76.5 Å². The molecular weight excluding hydrogens is 320 g/mol. The van der Waals surface area contributed by atoms with Gasteiger partial charge in [-0.3, -0.25) is 9.36 Å². The average molecular weight is 348 g/mol. The molecule has 0 aliphatic carbocycles. The molecule has 0 radical (unpaired) electrons. The number of hydrogen-bond acceptors (Lipinski definition) is 5. The van der Waals surface area contributed by atoms with Crippen molar-refractivity contribution in [3.8, 4) is 0 Å². The van der Waals surface area contributed by atoms with Gasteiger partial charge in [0, 0.05) is 38.1 Å². The van der Waals surface area contributed by atoms with Gasteiger partial charge in [-0.1, -0.05) is 0 Å². The fraction of sp³-hybridized carbons (Fsp3) is 0.722. The molecule has 0 bridgehead atoms. The van der Waals surface area contributed by atoms with E-state index in [1.165, 1.54) is 10.8 Å². The van der Waals surface area contributed by atoms with Crippen molar-refractivity contribution in [3.63, 3.8) is 0 Å². The number of carbonyl (C=O) groups is 1. The molecule has 3 rings (SSSR count). The van der Waals surface area contributed by atoms with Crippen molar-refractivity contribution < 1.29 is 9.53 Å². The molecule has 1 amide bonds. The molecular formula is C18H28N4O3. The molecule has 1 unspecified atom stereocenters. The standard InChI is InChI=1S/C18H28N4O3/c1-14(2)21-10-6-18(7-11-21)5-4-15(25-18)12-20-16(23)13-22-9-3-8-19-17(22)24/h3,8-9,14-15H,4-7,10-13H2,1-2H3,(H,20,23). The molecule has 138 valence electrons. The summed E-state index contributed by atoms with van der Waals surface area (Å²) in [5.74, 6) is -0.186. The second-order valence-electron chi connectivity index (χ2n) is 7.43. The van der Waals surface area contributed by atoms with Gasteiger partial charge >= 0.3 is 5.69 Å². The van der Waals surface area contributed by atoms with Crippen LogP contribution in [0.25, 0.3) is 0 Å². The van der Waals surface area contributed by atoms with Gasteiger partial charge in [-0.25, -0.2) is 9.78 Å². The Kier molecular flexibility index (Phi) is 5.54. The van der Waals surface area contributed by atoms with Gasteiger partial charge in [-0.05, 0) is 45.6 Å². The quantitative estimate of drug-likeness (QED) is 0.851. The van der Waals surface area contributed by atoms with Crippen molar-refractivity contribution in [2.75, 3.05) is 19.6 Å². The Morgan fingerprint density at radius 1 is 1.40 bits per heavy atom. The predicted octanol–water partition coefficient (Wildman–Crippen LogP) is 0.782. The largest absolute Gasteiger partial charge is 0.370 e. The van der Waals surface area contributed by atoms with Crippen LogP contribution in [0, 0.1) is 0 Å². The number of likely N-dealkylation sites (tertiary alicyclic amines) is 1. The van der Waals surface area contributed by atoms with Crippen LogP contribution in [-0.4, -0.2) is 57.7 Å².